The van der Waals surface area contributed by atoms with Gasteiger partial charge in [0.25, 0.3) is 0 Å². The molecule has 0 amide bonds. The van der Waals surface area contributed by atoms with Crippen molar-refractivity contribution >= 4 is 33.0 Å². The molecule has 114 valence electrons. The molecule has 1 atom stereocenters. The molecule has 1 fully saturated rings. The predicted octanol–water partition coefficient (Wildman–Crippen LogP) is 2.83. The van der Waals surface area contributed by atoms with Crippen LogP contribution in [0.4, 0.5) is 13.2 Å². The van der Waals surface area contributed by atoms with Crippen molar-refractivity contribution in [1.29, 1.82) is 0 Å². The SMILES string of the molecule is CC1(n2nc(C(F)(F)F)c(CCl)c2Cl)CCS(=O)(=O)C1. The minimum Gasteiger partial charge on any atom is -0.246 e. The monoisotopic (exact) mass is 350 g/mol. The lowest BCUT2D eigenvalue weighted by atomic mass is 10.0. The maximum atomic E-state index is 12.9. The van der Waals surface area contributed by atoms with Gasteiger partial charge in [-0.1, -0.05) is 11.6 Å². The fourth-order valence-corrected chi connectivity index (χ4v) is 5.12. The second-order valence-electron chi connectivity index (χ2n) is 5.00. The third-order valence-electron chi connectivity index (χ3n) is 3.32. The van der Waals surface area contributed by atoms with E-state index in [4.69, 9.17) is 23.2 Å². The van der Waals surface area contributed by atoms with Crippen LogP contribution in [0.1, 0.15) is 24.6 Å². The highest BCUT2D eigenvalue weighted by Gasteiger charge is 2.45. The molecule has 1 aliphatic rings. The quantitative estimate of drug-likeness (QED) is 0.770. The zero-order valence-corrected chi connectivity index (χ0v) is 12.7. The Morgan fingerprint density at radius 1 is 1.45 bits per heavy atom. The first-order chi connectivity index (χ1) is 9.00. The summed E-state index contributed by atoms with van der Waals surface area (Å²) in [4.78, 5) is 0. The third-order valence-corrected chi connectivity index (χ3v) is 5.86. The van der Waals surface area contributed by atoms with E-state index in [0.29, 0.717) is 0 Å². The molecule has 1 aromatic heterocycles. The molecular formula is C10H11Cl2F3N2O2S. The number of nitrogens with zero attached hydrogens (tertiary/aromatic N) is 2. The average molecular weight is 351 g/mol. The molecule has 4 nitrogen and oxygen atoms in total. The van der Waals surface area contributed by atoms with Crippen LogP contribution in [-0.4, -0.2) is 29.7 Å². The Balaban J connectivity index is 2.57. The van der Waals surface area contributed by atoms with Gasteiger partial charge in [0.2, 0.25) is 0 Å². The number of sulfone groups is 1. The van der Waals surface area contributed by atoms with Crippen LogP contribution in [-0.2, 0) is 27.4 Å². The van der Waals surface area contributed by atoms with E-state index < -0.39 is 33.1 Å². The van der Waals surface area contributed by atoms with Gasteiger partial charge in [-0.15, -0.1) is 11.6 Å². The summed E-state index contributed by atoms with van der Waals surface area (Å²) in [5, 5.41) is 3.22. The smallest absolute Gasteiger partial charge is 0.246 e. The van der Waals surface area contributed by atoms with Crippen molar-refractivity contribution in [2.45, 2.75) is 30.9 Å². The average Bonchev–Trinajstić information content (AvgIpc) is 2.76. The van der Waals surface area contributed by atoms with Gasteiger partial charge < -0.3 is 0 Å². The van der Waals surface area contributed by atoms with Gasteiger partial charge in [0.15, 0.2) is 15.5 Å². The van der Waals surface area contributed by atoms with Gasteiger partial charge in [-0.05, 0) is 13.3 Å². The maximum Gasteiger partial charge on any atom is 0.435 e. The van der Waals surface area contributed by atoms with Gasteiger partial charge >= 0.3 is 6.18 Å². The van der Waals surface area contributed by atoms with Crippen molar-refractivity contribution in [2.24, 2.45) is 0 Å². The molecule has 0 aromatic carbocycles. The minimum atomic E-state index is -4.69. The molecule has 0 bridgehead atoms. The fourth-order valence-electron chi connectivity index (χ4n) is 2.29. The second-order valence-corrected chi connectivity index (χ2v) is 7.81. The Morgan fingerprint density at radius 2 is 2.05 bits per heavy atom. The topological polar surface area (TPSA) is 52.0 Å². The highest BCUT2D eigenvalue weighted by Crippen LogP contribution is 2.40. The highest BCUT2D eigenvalue weighted by molar-refractivity contribution is 7.91. The van der Waals surface area contributed by atoms with E-state index in [1.807, 2.05) is 0 Å². The fraction of sp³-hybridized carbons (Fsp3) is 0.700. The van der Waals surface area contributed by atoms with Crippen LogP contribution in [0.2, 0.25) is 5.15 Å². The molecule has 10 heteroatoms. The van der Waals surface area contributed by atoms with E-state index in [2.05, 4.69) is 5.10 Å². The van der Waals surface area contributed by atoms with Crippen LogP contribution >= 0.6 is 23.2 Å². The summed E-state index contributed by atoms with van der Waals surface area (Å²) in [6.45, 7) is 1.52. The predicted molar refractivity (Wildman–Crippen MR) is 68.7 cm³/mol. The number of alkyl halides is 4. The number of rotatable bonds is 2. The molecule has 2 rings (SSSR count). The van der Waals surface area contributed by atoms with E-state index in [1.54, 1.807) is 0 Å². The first-order valence-electron chi connectivity index (χ1n) is 5.62. The van der Waals surface area contributed by atoms with E-state index in [9.17, 15) is 21.6 Å². The molecule has 1 saturated heterocycles. The largest absolute Gasteiger partial charge is 0.435 e. The van der Waals surface area contributed by atoms with Crippen molar-refractivity contribution < 1.29 is 21.6 Å². The summed E-state index contributed by atoms with van der Waals surface area (Å²) in [7, 11) is -3.30. The van der Waals surface area contributed by atoms with Crippen molar-refractivity contribution in [3.63, 3.8) is 0 Å². The summed E-state index contributed by atoms with van der Waals surface area (Å²) >= 11 is 11.4. The highest BCUT2D eigenvalue weighted by atomic mass is 35.5. The standard InChI is InChI=1S/C10H11Cl2F3N2O2S/c1-9(2-3-20(18,19)5-9)17-8(12)6(4-11)7(16-17)10(13,14)15/h2-5H2,1H3. The van der Waals surface area contributed by atoms with Crippen molar-refractivity contribution in [3.8, 4) is 0 Å². The molecular weight excluding hydrogens is 340 g/mol. The molecule has 0 spiro atoms. The van der Waals surface area contributed by atoms with Gasteiger partial charge in [0.1, 0.15) is 5.15 Å². The van der Waals surface area contributed by atoms with Gasteiger partial charge in [0.05, 0.1) is 22.9 Å². The lowest BCUT2D eigenvalue weighted by Gasteiger charge is -2.23. The number of hydrogen-bond donors (Lipinski definition) is 0. The molecule has 20 heavy (non-hydrogen) atoms. The minimum absolute atomic E-state index is 0.1000. The molecule has 0 saturated carbocycles. The molecule has 0 N–H and O–H groups in total. The third kappa shape index (κ3) is 2.65. The van der Waals surface area contributed by atoms with Crippen LogP contribution in [0.15, 0.2) is 0 Å². The van der Waals surface area contributed by atoms with Gasteiger partial charge in [-0.2, -0.15) is 18.3 Å². The van der Waals surface area contributed by atoms with E-state index >= 15 is 0 Å². The van der Waals surface area contributed by atoms with Gasteiger partial charge in [0, 0.05) is 5.56 Å². The molecule has 0 aliphatic carbocycles. The number of hydrogen-bond acceptors (Lipinski definition) is 3. The first-order valence-corrected chi connectivity index (χ1v) is 8.35. The normalized spacial score (nSPS) is 26.1. The molecule has 1 aromatic rings. The summed E-state index contributed by atoms with van der Waals surface area (Å²) in [6.07, 6.45) is -4.53. The van der Waals surface area contributed by atoms with E-state index in [0.717, 1.165) is 4.68 Å². The van der Waals surface area contributed by atoms with Gasteiger partial charge in [-0.25, -0.2) is 13.1 Å². The van der Waals surface area contributed by atoms with Crippen molar-refractivity contribution in [3.05, 3.63) is 16.4 Å². The molecule has 1 aliphatic heterocycles. The van der Waals surface area contributed by atoms with Crippen LogP contribution in [0.3, 0.4) is 0 Å². The Kier molecular flexibility index (Phi) is 3.80. The van der Waals surface area contributed by atoms with Crippen LogP contribution < -0.4 is 0 Å². The molecule has 1 unspecified atom stereocenters. The van der Waals surface area contributed by atoms with Crippen LogP contribution in [0.25, 0.3) is 0 Å². The van der Waals surface area contributed by atoms with Crippen LogP contribution in [0, 0.1) is 0 Å². The Labute approximate surface area is 123 Å². The van der Waals surface area contributed by atoms with Crippen molar-refractivity contribution in [2.75, 3.05) is 11.5 Å². The lowest BCUT2D eigenvalue weighted by Crippen LogP contribution is -2.33. The lowest BCUT2D eigenvalue weighted by molar-refractivity contribution is -0.142. The Morgan fingerprint density at radius 3 is 2.40 bits per heavy atom. The molecule has 0 radical (unpaired) electrons. The first kappa shape index (κ1) is 15.9. The molecule has 2 heterocycles. The zero-order chi connectivity index (χ0) is 15.3. The van der Waals surface area contributed by atoms with E-state index in [1.165, 1.54) is 6.92 Å². The Bertz CT molecular complexity index is 642. The number of aromatic nitrogens is 2. The maximum absolute atomic E-state index is 12.9. The van der Waals surface area contributed by atoms with Crippen LogP contribution in [0.5, 0.6) is 0 Å². The van der Waals surface area contributed by atoms with Crippen molar-refractivity contribution in [1.82, 2.24) is 9.78 Å². The van der Waals surface area contributed by atoms with E-state index in [-0.39, 0.29) is 28.6 Å². The summed E-state index contributed by atoms with van der Waals surface area (Å²) in [5.74, 6) is -0.839. The van der Waals surface area contributed by atoms with Gasteiger partial charge in [-0.3, -0.25) is 0 Å². The summed E-state index contributed by atoms with van der Waals surface area (Å²) in [6, 6.07) is 0. The Hall–Kier alpha value is -0.470. The summed E-state index contributed by atoms with van der Waals surface area (Å²) < 4.78 is 62.7. The summed E-state index contributed by atoms with van der Waals surface area (Å²) in [5.41, 5.74) is -2.57. The zero-order valence-electron chi connectivity index (χ0n) is 10.3. The second kappa shape index (κ2) is 4.78. The number of halogens is 5.